The molecular weight excluding hydrogens is 243 g/mol. The van der Waals surface area contributed by atoms with Crippen molar-refractivity contribution in [3.05, 3.63) is 28.0 Å². The van der Waals surface area contributed by atoms with Crippen molar-refractivity contribution < 1.29 is 19.0 Å². The molecule has 0 saturated carbocycles. The van der Waals surface area contributed by atoms with Crippen LogP contribution >= 0.6 is 15.9 Å². The van der Waals surface area contributed by atoms with Gasteiger partial charge < -0.3 is 9.84 Å². The first-order valence-corrected chi connectivity index (χ1v) is 4.12. The van der Waals surface area contributed by atoms with Crippen molar-refractivity contribution in [2.45, 2.75) is 0 Å². The van der Waals surface area contributed by atoms with Gasteiger partial charge in [-0.2, -0.15) is 0 Å². The summed E-state index contributed by atoms with van der Waals surface area (Å²) in [6.07, 6.45) is 0. The van der Waals surface area contributed by atoms with Crippen molar-refractivity contribution in [1.29, 1.82) is 0 Å². The van der Waals surface area contributed by atoms with Gasteiger partial charge in [-0.25, -0.2) is 9.18 Å². The summed E-state index contributed by atoms with van der Waals surface area (Å²) in [5.74, 6) is -1.81. The number of methoxy groups -OCH3 is 1. The Hall–Kier alpha value is -1.10. The Bertz CT molecular complexity index is 351. The Morgan fingerprint density at radius 3 is 2.69 bits per heavy atom. The third-order valence-corrected chi connectivity index (χ3v) is 2.13. The summed E-state index contributed by atoms with van der Waals surface area (Å²) in [7, 11) is 1.28. The minimum atomic E-state index is -1.13. The maximum atomic E-state index is 12.9. The lowest BCUT2D eigenvalue weighted by atomic mass is 10.2. The van der Waals surface area contributed by atoms with Crippen LogP contribution in [0.4, 0.5) is 4.39 Å². The number of hydrogen-bond donors (Lipinski definition) is 1. The van der Waals surface area contributed by atoms with E-state index in [0.717, 1.165) is 12.1 Å². The van der Waals surface area contributed by atoms with Gasteiger partial charge in [0.1, 0.15) is 0 Å². The van der Waals surface area contributed by atoms with Crippen LogP contribution in [0.1, 0.15) is 10.4 Å². The van der Waals surface area contributed by atoms with Crippen molar-refractivity contribution in [2.24, 2.45) is 0 Å². The van der Waals surface area contributed by atoms with Crippen molar-refractivity contribution >= 4 is 21.9 Å². The molecule has 0 bridgehead atoms. The van der Waals surface area contributed by atoms with Gasteiger partial charge in [0.25, 0.3) is 0 Å². The number of carboxylic acids is 1. The van der Waals surface area contributed by atoms with E-state index < -0.39 is 11.8 Å². The van der Waals surface area contributed by atoms with Crippen molar-refractivity contribution in [1.82, 2.24) is 0 Å². The number of aromatic carboxylic acids is 1. The molecule has 0 fully saturated rings. The molecule has 1 N–H and O–H groups in total. The van der Waals surface area contributed by atoms with Gasteiger partial charge in [-0.15, -0.1) is 0 Å². The second kappa shape index (κ2) is 3.74. The molecule has 1 rings (SSSR count). The van der Waals surface area contributed by atoms with Gasteiger partial charge in [-0.3, -0.25) is 0 Å². The van der Waals surface area contributed by atoms with Crippen molar-refractivity contribution in [3.8, 4) is 5.75 Å². The molecule has 0 aromatic heterocycles. The van der Waals surface area contributed by atoms with Gasteiger partial charge in [0.15, 0.2) is 11.6 Å². The lowest BCUT2D eigenvalue weighted by Crippen LogP contribution is -2.00. The predicted octanol–water partition coefficient (Wildman–Crippen LogP) is 2.29. The zero-order valence-corrected chi connectivity index (χ0v) is 8.26. The molecule has 0 unspecified atom stereocenters. The summed E-state index contributed by atoms with van der Waals surface area (Å²) in [6.45, 7) is 0. The summed E-state index contributed by atoms with van der Waals surface area (Å²) in [6, 6.07) is 2.18. The fraction of sp³-hybridized carbons (Fsp3) is 0.125. The Morgan fingerprint density at radius 1 is 1.62 bits per heavy atom. The standard InChI is InChI=1S/C8H6BrFO3/c1-13-7-2-4(8(11)12)5(9)3-6(7)10/h2-3H,1H3,(H,11,12). The fourth-order valence-corrected chi connectivity index (χ4v) is 1.33. The first kappa shape index (κ1) is 9.98. The summed E-state index contributed by atoms with van der Waals surface area (Å²) in [5.41, 5.74) is -0.0294. The van der Waals surface area contributed by atoms with E-state index in [1.54, 1.807) is 0 Å². The fourth-order valence-electron chi connectivity index (χ4n) is 0.849. The molecule has 0 spiro atoms. The molecule has 5 heteroatoms. The largest absolute Gasteiger partial charge is 0.494 e. The molecule has 0 saturated heterocycles. The SMILES string of the molecule is COc1cc(C(=O)O)c(Br)cc1F. The van der Waals surface area contributed by atoms with Crippen LogP contribution in [0.15, 0.2) is 16.6 Å². The zero-order chi connectivity index (χ0) is 10.0. The first-order chi connectivity index (χ1) is 6.06. The van der Waals surface area contributed by atoms with E-state index >= 15 is 0 Å². The summed E-state index contributed by atoms with van der Waals surface area (Å²) < 4.78 is 17.8. The van der Waals surface area contributed by atoms with Crippen LogP contribution in [0.5, 0.6) is 5.75 Å². The Labute approximate surface area is 82.3 Å². The third kappa shape index (κ3) is 1.98. The molecular formula is C8H6BrFO3. The van der Waals surface area contributed by atoms with Crippen LogP contribution in [-0.4, -0.2) is 18.2 Å². The van der Waals surface area contributed by atoms with Crippen LogP contribution in [0, 0.1) is 5.82 Å². The highest BCUT2D eigenvalue weighted by Crippen LogP contribution is 2.25. The number of rotatable bonds is 2. The molecule has 1 aromatic rings. The molecule has 0 radical (unpaired) electrons. The van der Waals surface area contributed by atoms with Gasteiger partial charge in [-0.1, -0.05) is 0 Å². The molecule has 0 aliphatic carbocycles. The molecule has 1 aromatic carbocycles. The summed E-state index contributed by atoms with van der Waals surface area (Å²) in [4.78, 5) is 10.6. The Kier molecular flexibility index (Phi) is 2.87. The van der Waals surface area contributed by atoms with E-state index in [1.165, 1.54) is 7.11 Å². The lowest BCUT2D eigenvalue weighted by molar-refractivity contribution is 0.0695. The molecule has 70 valence electrons. The quantitative estimate of drug-likeness (QED) is 0.874. The lowest BCUT2D eigenvalue weighted by Gasteiger charge is -2.04. The molecule has 0 amide bonds. The van der Waals surface area contributed by atoms with Gasteiger partial charge in [-0.05, 0) is 28.1 Å². The minimum absolute atomic E-state index is 0.0294. The van der Waals surface area contributed by atoms with E-state index in [1.807, 2.05) is 0 Å². The number of ether oxygens (including phenoxy) is 1. The van der Waals surface area contributed by atoms with Crippen LogP contribution in [0.25, 0.3) is 0 Å². The van der Waals surface area contributed by atoms with Crippen LogP contribution < -0.4 is 4.74 Å². The first-order valence-electron chi connectivity index (χ1n) is 3.32. The van der Waals surface area contributed by atoms with Gasteiger partial charge in [0.05, 0.1) is 12.7 Å². The van der Waals surface area contributed by atoms with Gasteiger partial charge in [0.2, 0.25) is 0 Å². The van der Waals surface area contributed by atoms with Gasteiger partial charge in [0, 0.05) is 4.47 Å². The summed E-state index contributed by atoms with van der Waals surface area (Å²) >= 11 is 2.93. The highest BCUT2D eigenvalue weighted by molar-refractivity contribution is 9.10. The molecule has 13 heavy (non-hydrogen) atoms. The van der Waals surface area contributed by atoms with Crippen molar-refractivity contribution in [3.63, 3.8) is 0 Å². The minimum Gasteiger partial charge on any atom is -0.494 e. The maximum absolute atomic E-state index is 12.9. The maximum Gasteiger partial charge on any atom is 0.336 e. The molecule has 0 aliphatic heterocycles. The van der Waals surface area contributed by atoms with E-state index in [0.29, 0.717) is 0 Å². The molecule has 0 heterocycles. The van der Waals surface area contributed by atoms with E-state index in [2.05, 4.69) is 20.7 Å². The zero-order valence-electron chi connectivity index (χ0n) is 6.67. The van der Waals surface area contributed by atoms with Gasteiger partial charge >= 0.3 is 5.97 Å². The average Bonchev–Trinajstić information content (AvgIpc) is 2.03. The smallest absolute Gasteiger partial charge is 0.336 e. The number of benzene rings is 1. The number of carboxylic acid groups (broad SMARTS) is 1. The average molecular weight is 249 g/mol. The van der Waals surface area contributed by atoms with Crippen LogP contribution in [0.3, 0.4) is 0 Å². The van der Waals surface area contributed by atoms with E-state index in [9.17, 15) is 9.18 Å². The Morgan fingerprint density at radius 2 is 2.23 bits per heavy atom. The highest BCUT2D eigenvalue weighted by atomic mass is 79.9. The third-order valence-electron chi connectivity index (χ3n) is 1.47. The van der Waals surface area contributed by atoms with E-state index in [4.69, 9.17) is 5.11 Å². The Balaban J connectivity index is 3.30. The second-order valence-corrected chi connectivity index (χ2v) is 3.13. The molecule has 0 aliphatic rings. The number of hydrogen-bond acceptors (Lipinski definition) is 2. The monoisotopic (exact) mass is 248 g/mol. The van der Waals surface area contributed by atoms with Crippen LogP contribution in [0.2, 0.25) is 0 Å². The number of halogens is 2. The molecule has 3 nitrogen and oxygen atoms in total. The summed E-state index contributed by atoms with van der Waals surface area (Å²) in [5, 5.41) is 8.67. The second-order valence-electron chi connectivity index (χ2n) is 2.27. The topological polar surface area (TPSA) is 46.5 Å². The van der Waals surface area contributed by atoms with Crippen LogP contribution in [-0.2, 0) is 0 Å². The normalized spacial score (nSPS) is 9.77. The van der Waals surface area contributed by atoms with Crippen molar-refractivity contribution in [2.75, 3.05) is 7.11 Å². The van der Waals surface area contributed by atoms with E-state index in [-0.39, 0.29) is 15.8 Å². The predicted molar refractivity (Wildman–Crippen MR) is 47.6 cm³/mol. The number of carbonyl (C=O) groups is 1. The highest BCUT2D eigenvalue weighted by Gasteiger charge is 2.13. The molecule has 0 atom stereocenters.